The smallest absolute Gasteiger partial charge is 0.222 e. The Morgan fingerprint density at radius 1 is 1.36 bits per heavy atom. The molecule has 1 aromatic rings. The molecule has 1 aliphatic carbocycles. The number of aliphatic hydroxyl groups is 1. The molecule has 1 aliphatic heterocycles. The van der Waals surface area contributed by atoms with Gasteiger partial charge in [-0.05, 0) is 37.3 Å². The monoisotopic (exact) mass is 303 g/mol. The molecule has 22 heavy (non-hydrogen) atoms. The number of carbonyl (C=O) groups is 1. The summed E-state index contributed by atoms with van der Waals surface area (Å²) < 4.78 is 0. The maximum atomic E-state index is 11.9. The summed E-state index contributed by atoms with van der Waals surface area (Å²) in [5.41, 5.74) is 3.77. The number of hydrogen-bond acceptors (Lipinski definition) is 4. The third-order valence-corrected chi connectivity index (χ3v) is 4.89. The number of carbonyl (C=O) groups excluding carboxylic acids is 1. The van der Waals surface area contributed by atoms with E-state index in [1.807, 2.05) is 6.20 Å². The summed E-state index contributed by atoms with van der Waals surface area (Å²) in [6, 6.07) is 2.06. The molecule has 3 rings (SSSR count). The van der Waals surface area contributed by atoms with Crippen LogP contribution in [0.5, 0.6) is 0 Å². The van der Waals surface area contributed by atoms with Crippen molar-refractivity contribution in [2.24, 2.45) is 5.92 Å². The zero-order chi connectivity index (χ0) is 15.7. The SMILES string of the molecule is CN(C)C(=O)C[C@@H]1CN(c2ccnc3c2CCCC3)C[C@H]1O. The van der Waals surface area contributed by atoms with E-state index in [9.17, 15) is 9.90 Å². The number of aliphatic hydroxyl groups excluding tert-OH is 1. The van der Waals surface area contributed by atoms with Gasteiger partial charge in [0.05, 0.1) is 6.10 Å². The van der Waals surface area contributed by atoms with Crippen LogP contribution in [0.1, 0.15) is 30.5 Å². The summed E-state index contributed by atoms with van der Waals surface area (Å²) in [6.45, 7) is 1.36. The molecule has 2 atom stereocenters. The van der Waals surface area contributed by atoms with E-state index in [0.29, 0.717) is 13.0 Å². The lowest BCUT2D eigenvalue weighted by Gasteiger charge is -2.25. The number of anilines is 1. The molecule has 2 aliphatic rings. The van der Waals surface area contributed by atoms with E-state index >= 15 is 0 Å². The molecular weight excluding hydrogens is 278 g/mol. The predicted molar refractivity (Wildman–Crippen MR) is 85.9 cm³/mol. The van der Waals surface area contributed by atoms with Gasteiger partial charge in [0.25, 0.3) is 0 Å². The van der Waals surface area contributed by atoms with Crippen molar-refractivity contribution in [1.29, 1.82) is 0 Å². The highest BCUT2D eigenvalue weighted by atomic mass is 16.3. The molecule has 0 bridgehead atoms. The number of nitrogens with zero attached hydrogens (tertiary/aromatic N) is 3. The summed E-state index contributed by atoms with van der Waals surface area (Å²) in [6.07, 6.45) is 6.42. The van der Waals surface area contributed by atoms with Crippen LogP contribution in [0.4, 0.5) is 5.69 Å². The Bertz CT molecular complexity index is 559. The Morgan fingerprint density at radius 3 is 2.91 bits per heavy atom. The van der Waals surface area contributed by atoms with Crippen molar-refractivity contribution in [2.45, 2.75) is 38.2 Å². The van der Waals surface area contributed by atoms with Gasteiger partial charge in [0.2, 0.25) is 5.91 Å². The first-order chi connectivity index (χ1) is 10.6. The van der Waals surface area contributed by atoms with Gasteiger partial charge in [0.1, 0.15) is 0 Å². The van der Waals surface area contributed by atoms with E-state index in [1.54, 1.807) is 19.0 Å². The summed E-state index contributed by atoms with van der Waals surface area (Å²) in [5.74, 6) is 0.102. The molecule has 1 amide bonds. The van der Waals surface area contributed by atoms with Crippen molar-refractivity contribution in [1.82, 2.24) is 9.88 Å². The number of rotatable bonds is 3. The van der Waals surface area contributed by atoms with E-state index in [0.717, 1.165) is 19.4 Å². The van der Waals surface area contributed by atoms with E-state index in [2.05, 4.69) is 16.0 Å². The number of fused-ring (bicyclic) bond motifs is 1. The van der Waals surface area contributed by atoms with Crippen LogP contribution >= 0.6 is 0 Å². The highest BCUT2D eigenvalue weighted by molar-refractivity contribution is 5.76. The van der Waals surface area contributed by atoms with Gasteiger partial charge in [-0.1, -0.05) is 0 Å². The number of pyridine rings is 1. The summed E-state index contributed by atoms with van der Waals surface area (Å²) in [5, 5.41) is 10.3. The fourth-order valence-corrected chi connectivity index (χ4v) is 3.56. The molecule has 2 heterocycles. The van der Waals surface area contributed by atoms with Crippen LogP contribution in [0.25, 0.3) is 0 Å². The van der Waals surface area contributed by atoms with Crippen molar-refractivity contribution in [3.63, 3.8) is 0 Å². The quantitative estimate of drug-likeness (QED) is 0.913. The lowest BCUT2D eigenvalue weighted by atomic mass is 9.94. The van der Waals surface area contributed by atoms with Crippen LogP contribution < -0.4 is 4.90 Å². The predicted octanol–water partition coefficient (Wildman–Crippen LogP) is 1.24. The van der Waals surface area contributed by atoms with E-state index < -0.39 is 6.10 Å². The van der Waals surface area contributed by atoms with Gasteiger partial charge in [-0.15, -0.1) is 0 Å². The molecule has 1 fully saturated rings. The number of β-amino-alcohol motifs (C(OH)–C–C–N with tert-alkyl or cyclic N) is 1. The minimum absolute atomic E-state index is 0.0160. The second-order valence-corrected chi connectivity index (χ2v) is 6.69. The van der Waals surface area contributed by atoms with Crippen LogP contribution in [0.3, 0.4) is 0 Å². The fraction of sp³-hybridized carbons (Fsp3) is 0.647. The number of amides is 1. The average Bonchev–Trinajstić information content (AvgIpc) is 2.87. The van der Waals surface area contributed by atoms with Crippen molar-refractivity contribution in [3.8, 4) is 0 Å². The molecule has 0 radical (unpaired) electrons. The van der Waals surface area contributed by atoms with Crippen molar-refractivity contribution in [3.05, 3.63) is 23.5 Å². The third kappa shape index (κ3) is 2.95. The molecule has 1 N–H and O–H groups in total. The maximum Gasteiger partial charge on any atom is 0.222 e. The fourth-order valence-electron chi connectivity index (χ4n) is 3.56. The minimum atomic E-state index is -0.434. The molecule has 0 unspecified atom stereocenters. The van der Waals surface area contributed by atoms with Gasteiger partial charge < -0.3 is 14.9 Å². The van der Waals surface area contributed by atoms with Crippen molar-refractivity contribution in [2.75, 3.05) is 32.1 Å². The molecule has 0 aromatic carbocycles. The van der Waals surface area contributed by atoms with Crippen LogP contribution in [-0.4, -0.2) is 54.2 Å². The first-order valence-electron chi connectivity index (χ1n) is 8.16. The number of hydrogen-bond donors (Lipinski definition) is 1. The molecule has 5 nitrogen and oxygen atoms in total. The van der Waals surface area contributed by atoms with Gasteiger partial charge in [-0.3, -0.25) is 9.78 Å². The van der Waals surface area contributed by atoms with E-state index in [1.165, 1.54) is 29.8 Å². The second-order valence-electron chi connectivity index (χ2n) is 6.69. The van der Waals surface area contributed by atoms with Crippen molar-refractivity contribution >= 4 is 11.6 Å². The van der Waals surface area contributed by atoms with Crippen LogP contribution in [0.15, 0.2) is 12.3 Å². The molecule has 120 valence electrons. The normalized spacial score (nSPS) is 24.2. The largest absolute Gasteiger partial charge is 0.391 e. The molecule has 1 aromatic heterocycles. The van der Waals surface area contributed by atoms with Gasteiger partial charge >= 0.3 is 0 Å². The first-order valence-corrected chi connectivity index (χ1v) is 8.16. The molecular formula is C17H25N3O2. The van der Waals surface area contributed by atoms with Crippen LogP contribution in [0.2, 0.25) is 0 Å². The number of aryl methyl sites for hydroxylation is 1. The summed E-state index contributed by atoms with van der Waals surface area (Å²) >= 11 is 0. The lowest BCUT2D eigenvalue weighted by Crippen LogP contribution is -2.28. The zero-order valence-electron chi connectivity index (χ0n) is 13.5. The van der Waals surface area contributed by atoms with E-state index in [-0.39, 0.29) is 11.8 Å². The van der Waals surface area contributed by atoms with Gasteiger partial charge in [0, 0.05) is 57.1 Å². The summed E-state index contributed by atoms with van der Waals surface area (Å²) in [4.78, 5) is 20.3. The van der Waals surface area contributed by atoms with Gasteiger partial charge in [-0.25, -0.2) is 0 Å². The maximum absolute atomic E-state index is 11.9. The van der Waals surface area contributed by atoms with Crippen molar-refractivity contribution < 1.29 is 9.90 Å². The zero-order valence-corrected chi connectivity index (χ0v) is 13.5. The van der Waals surface area contributed by atoms with Crippen LogP contribution in [0, 0.1) is 5.92 Å². The molecule has 5 heteroatoms. The van der Waals surface area contributed by atoms with E-state index in [4.69, 9.17) is 0 Å². The Labute approximate surface area is 131 Å². The molecule has 1 saturated heterocycles. The Balaban J connectivity index is 1.76. The Hall–Kier alpha value is -1.62. The summed E-state index contributed by atoms with van der Waals surface area (Å²) in [7, 11) is 3.53. The standard InChI is InChI=1S/C17H25N3O2/c1-19(2)17(22)9-12-10-20(11-16(12)21)15-7-8-18-14-6-4-3-5-13(14)15/h7-8,12,16,21H,3-6,9-11H2,1-2H3/t12-,16-/m1/s1. The highest BCUT2D eigenvalue weighted by Crippen LogP contribution is 2.33. The lowest BCUT2D eigenvalue weighted by molar-refractivity contribution is -0.130. The topological polar surface area (TPSA) is 56.7 Å². The van der Waals surface area contributed by atoms with Gasteiger partial charge in [0.15, 0.2) is 0 Å². The second kappa shape index (κ2) is 6.24. The Morgan fingerprint density at radius 2 is 2.14 bits per heavy atom. The average molecular weight is 303 g/mol. The Kier molecular flexibility index (Phi) is 4.34. The van der Waals surface area contributed by atoms with Crippen LogP contribution in [-0.2, 0) is 17.6 Å². The minimum Gasteiger partial charge on any atom is -0.391 e. The first kappa shape index (κ1) is 15.3. The van der Waals surface area contributed by atoms with Gasteiger partial charge in [-0.2, -0.15) is 0 Å². The molecule has 0 spiro atoms. The highest BCUT2D eigenvalue weighted by Gasteiger charge is 2.34. The third-order valence-electron chi connectivity index (χ3n) is 4.89. The number of aromatic nitrogens is 1. The molecule has 0 saturated carbocycles.